The fraction of sp³-hybridized carbons (Fsp3) is 0.103. The molecule has 0 radical (unpaired) electrons. The van der Waals surface area contributed by atoms with Gasteiger partial charge in [-0.1, -0.05) is 146 Å². The largest absolute Gasteiger partial charge is 0.467 e. The minimum absolute atomic E-state index is 0.00107. The topological polar surface area (TPSA) is 30.8 Å². The van der Waals surface area contributed by atoms with E-state index in [2.05, 4.69) is 152 Å². The van der Waals surface area contributed by atoms with E-state index in [-0.39, 0.29) is 12.5 Å². The highest BCUT2D eigenvalue weighted by Gasteiger charge is 2.48. The standard InChI is InChI=1S/C39H33NO2Si/c1-41-28-42-36-26-25-29-15-11-13-23-34(29)38(36)39-35-24-14-12-16-30(35)27-37(40-39)43(31-17-5-2-6-18-31,32-19-7-3-8-20-32)33-21-9-4-10-22-33/h2-26,37H,27-28H2,1H3. The van der Waals surface area contributed by atoms with Crippen molar-refractivity contribution in [3.8, 4) is 5.75 Å². The molecule has 0 aliphatic carbocycles. The van der Waals surface area contributed by atoms with Gasteiger partial charge in [-0.05, 0) is 44.4 Å². The molecule has 0 saturated carbocycles. The molecule has 0 fully saturated rings. The maximum Gasteiger partial charge on any atom is 0.188 e. The van der Waals surface area contributed by atoms with E-state index in [4.69, 9.17) is 14.5 Å². The molecule has 0 amide bonds. The van der Waals surface area contributed by atoms with Crippen molar-refractivity contribution >= 4 is 40.1 Å². The summed E-state index contributed by atoms with van der Waals surface area (Å²) in [4.78, 5) is 5.87. The number of benzene rings is 6. The lowest BCUT2D eigenvalue weighted by Gasteiger charge is -2.41. The number of fused-ring (bicyclic) bond motifs is 2. The normalized spacial score (nSPS) is 14.6. The summed E-state index contributed by atoms with van der Waals surface area (Å²) in [6, 6.07) is 54.7. The van der Waals surface area contributed by atoms with Crippen LogP contribution in [0.2, 0.25) is 0 Å². The third-order valence-electron chi connectivity index (χ3n) is 8.62. The van der Waals surface area contributed by atoms with E-state index in [9.17, 15) is 0 Å². The minimum Gasteiger partial charge on any atom is -0.467 e. The molecule has 0 aromatic heterocycles. The van der Waals surface area contributed by atoms with Crippen LogP contribution in [0.3, 0.4) is 0 Å². The molecule has 7 rings (SSSR count). The highest BCUT2D eigenvalue weighted by molar-refractivity contribution is 7.12. The lowest BCUT2D eigenvalue weighted by atomic mass is 9.90. The summed E-state index contributed by atoms with van der Waals surface area (Å²) in [5, 5.41) is 6.34. The van der Waals surface area contributed by atoms with Crippen LogP contribution in [0.1, 0.15) is 16.7 Å². The second-order valence-corrected chi connectivity index (χ2v) is 15.0. The zero-order valence-electron chi connectivity index (χ0n) is 24.2. The van der Waals surface area contributed by atoms with Crippen LogP contribution in [0, 0.1) is 0 Å². The van der Waals surface area contributed by atoms with E-state index in [1.165, 1.54) is 21.1 Å². The van der Waals surface area contributed by atoms with E-state index >= 15 is 0 Å². The van der Waals surface area contributed by atoms with Crippen molar-refractivity contribution in [2.24, 2.45) is 4.99 Å². The Morgan fingerprint density at radius 1 is 0.628 bits per heavy atom. The number of nitrogens with zero attached hydrogens (tertiary/aromatic N) is 1. The van der Waals surface area contributed by atoms with E-state index in [0.717, 1.165) is 39.8 Å². The minimum atomic E-state index is -2.73. The molecule has 0 N–H and O–H groups in total. The van der Waals surface area contributed by atoms with Crippen LogP contribution in [0.4, 0.5) is 0 Å². The lowest BCUT2D eigenvalue weighted by Crippen LogP contribution is -2.74. The molecule has 6 aromatic carbocycles. The van der Waals surface area contributed by atoms with Gasteiger partial charge in [-0.25, -0.2) is 0 Å². The first kappa shape index (κ1) is 27.1. The number of hydrogen-bond donors (Lipinski definition) is 0. The van der Waals surface area contributed by atoms with Crippen LogP contribution in [0.25, 0.3) is 10.8 Å². The Balaban J connectivity index is 1.57. The van der Waals surface area contributed by atoms with Gasteiger partial charge >= 0.3 is 0 Å². The zero-order valence-corrected chi connectivity index (χ0v) is 25.2. The van der Waals surface area contributed by atoms with E-state index in [0.29, 0.717) is 0 Å². The van der Waals surface area contributed by atoms with Gasteiger partial charge in [0.1, 0.15) is 5.75 Å². The predicted octanol–water partition coefficient (Wildman–Crippen LogP) is 6.29. The van der Waals surface area contributed by atoms with Crippen molar-refractivity contribution < 1.29 is 9.47 Å². The van der Waals surface area contributed by atoms with Crippen LogP contribution in [0.15, 0.2) is 157 Å². The summed E-state index contributed by atoms with van der Waals surface area (Å²) in [7, 11) is -1.07. The van der Waals surface area contributed by atoms with Crippen LogP contribution in [-0.2, 0) is 11.2 Å². The number of ether oxygens (including phenoxy) is 2. The van der Waals surface area contributed by atoms with Crippen molar-refractivity contribution in [3.05, 3.63) is 168 Å². The average molecular weight is 576 g/mol. The second-order valence-electron chi connectivity index (χ2n) is 11.0. The highest BCUT2D eigenvalue weighted by Crippen LogP contribution is 2.35. The summed E-state index contributed by atoms with van der Waals surface area (Å²) in [6.07, 6.45) is 0.851. The van der Waals surface area contributed by atoms with Crippen molar-refractivity contribution in [2.45, 2.75) is 12.1 Å². The molecule has 1 aliphatic rings. The van der Waals surface area contributed by atoms with Crippen molar-refractivity contribution in [1.29, 1.82) is 0 Å². The van der Waals surface area contributed by atoms with Gasteiger partial charge in [0.25, 0.3) is 0 Å². The van der Waals surface area contributed by atoms with Gasteiger partial charge in [-0.3, -0.25) is 4.99 Å². The number of rotatable bonds is 8. The fourth-order valence-corrected chi connectivity index (χ4v) is 11.9. The average Bonchev–Trinajstić information content (AvgIpc) is 3.08. The SMILES string of the molecule is COCOc1ccc2ccccc2c1C1=NC([Si](c2ccccc2)(c2ccccc2)c2ccccc2)Cc2ccccc21. The molecule has 43 heavy (non-hydrogen) atoms. The maximum absolute atomic E-state index is 6.25. The number of aliphatic imine (C=N–C) groups is 1. The summed E-state index contributed by atoms with van der Waals surface area (Å²) in [5.41, 5.74) is 4.47. The second kappa shape index (κ2) is 11.8. The van der Waals surface area contributed by atoms with Crippen molar-refractivity contribution in [3.63, 3.8) is 0 Å². The van der Waals surface area contributed by atoms with Crippen LogP contribution >= 0.6 is 0 Å². The van der Waals surface area contributed by atoms with Gasteiger partial charge < -0.3 is 9.47 Å². The summed E-state index contributed by atoms with van der Waals surface area (Å²) in [5.74, 6) is 0.779. The van der Waals surface area contributed by atoms with Crippen LogP contribution < -0.4 is 20.3 Å². The van der Waals surface area contributed by atoms with Gasteiger partial charge in [0.2, 0.25) is 0 Å². The Kier molecular flexibility index (Phi) is 7.46. The third-order valence-corrected chi connectivity index (χ3v) is 13.7. The first-order valence-electron chi connectivity index (χ1n) is 14.8. The molecule has 0 bridgehead atoms. The summed E-state index contributed by atoms with van der Waals surface area (Å²) in [6.45, 7) is 0.167. The first-order chi connectivity index (χ1) is 21.3. The van der Waals surface area contributed by atoms with E-state index < -0.39 is 8.07 Å². The molecule has 4 heteroatoms. The Morgan fingerprint density at radius 3 is 1.81 bits per heavy atom. The lowest BCUT2D eigenvalue weighted by molar-refractivity contribution is 0.0511. The Morgan fingerprint density at radius 2 is 1.19 bits per heavy atom. The number of methoxy groups -OCH3 is 1. The number of hydrogen-bond acceptors (Lipinski definition) is 3. The Hall–Kier alpha value is -4.77. The van der Waals surface area contributed by atoms with Gasteiger partial charge in [-0.15, -0.1) is 0 Å². The van der Waals surface area contributed by atoms with Gasteiger partial charge in [0.05, 0.1) is 16.9 Å². The van der Waals surface area contributed by atoms with Gasteiger partial charge in [0, 0.05) is 12.7 Å². The molecule has 1 atom stereocenters. The molecule has 0 saturated heterocycles. The van der Waals surface area contributed by atoms with E-state index in [1.807, 2.05) is 0 Å². The van der Waals surface area contributed by atoms with Gasteiger partial charge in [0.15, 0.2) is 14.9 Å². The Bertz CT molecular complexity index is 1790. The van der Waals surface area contributed by atoms with E-state index in [1.54, 1.807) is 7.11 Å². The quantitative estimate of drug-likeness (QED) is 0.121. The molecule has 0 spiro atoms. The summed E-state index contributed by atoms with van der Waals surface area (Å²) >= 11 is 0. The summed E-state index contributed by atoms with van der Waals surface area (Å²) < 4.78 is 11.6. The zero-order chi connectivity index (χ0) is 29.1. The molecule has 6 aromatic rings. The molecule has 1 unspecified atom stereocenters. The molecule has 210 valence electrons. The molecule has 3 nitrogen and oxygen atoms in total. The first-order valence-corrected chi connectivity index (χ1v) is 16.8. The van der Waals surface area contributed by atoms with Crippen LogP contribution in [-0.4, -0.2) is 33.4 Å². The third kappa shape index (κ3) is 4.79. The highest BCUT2D eigenvalue weighted by atomic mass is 28.3. The van der Waals surface area contributed by atoms with Crippen molar-refractivity contribution in [2.75, 3.05) is 13.9 Å². The maximum atomic E-state index is 6.25. The predicted molar refractivity (Wildman–Crippen MR) is 180 cm³/mol. The molecular weight excluding hydrogens is 543 g/mol. The molecular formula is C39H33NO2Si. The Labute approximate surface area is 254 Å². The monoisotopic (exact) mass is 575 g/mol. The van der Waals surface area contributed by atoms with Crippen molar-refractivity contribution in [1.82, 2.24) is 0 Å². The van der Waals surface area contributed by atoms with Gasteiger partial charge in [-0.2, -0.15) is 0 Å². The fourth-order valence-electron chi connectivity index (χ4n) is 6.78. The molecule has 1 heterocycles. The molecule has 1 aliphatic heterocycles. The smallest absolute Gasteiger partial charge is 0.188 e. The van der Waals surface area contributed by atoms with Crippen LogP contribution in [0.5, 0.6) is 5.75 Å².